The Labute approximate surface area is 438 Å². The van der Waals surface area contributed by atoms with E-state index in [1.54, 1.807) is 0 Å². The zero-order valence-corrected chi connectivity index (χ0v) is 46.5. The van der Waals surface area contributed by atoms with Crippen LogP contribution in [-0.2, 0) is 28.6 Å². The third kappa shape index (κ3) is 57.1. The van der Waals surface area contributed by atoms with Gasteiger partial charge in [0.15, 0.2) is 6.10 Å². The van der Waals surface area contributed by atoms with Crippen LogP contribution in [0.15, 0.2) is 97.2 Å². The van der Waals surface area contributed by atoms with Crippen LogP contribution in [0, 0.1) is 0 Å². The second kappa shape index (κ2) is 58.9. The molecule has 0 aromatic heterocycles. The molecule has 0 amide bonds. The quantitative estimate of drug-likeness (QED) is 0.0261. The molecule has 0 N–H and O–H groups in total. The molecule has 0 fully saturated rings. The lowest BCUT2D eigenvalue weighted by atomic mass is 10.1. The highest BCUT2D eigenvalue weighted by Gasteiger charge is 2.19. The molecule has 0 spiro atoms. The molecule has 0 aliphatic carbocycles. The first-order valence-electron chi connectivity index (χ1n) is 29.7. The summed E-state index contributed by atoms with van der Waals surface area (Å²) < 4.78 is 16.8. The molecule has 6 heteroatoms. The topological polar surface area (TPSA) is 78.9 Å². The van der Waals surface area contributed by atoms with Gasteiger partial charge in [0.1, 0.15) is 13.2 Å². The van der Waals surface area contributed by atoms with Crippen LogP contribution >= 0.6 is 0 Å². The molecule has 0 radical (unpaired) electrons. The van der Waals surface area contributed by atoms with Gasteiger partial charge in [0, 0.05) is 19.3 Å². The summed E-state index contributed by atoms with van der Waals surface area (Å²) in [4.78, 5) is 38.2. The zero-order chi connectivity index (χ0) is 51.4. The highest BCUT2D eigenvalue weighted by atomic mass is 16.6. The Kier molecular flexibility index (Phi) is 55.9. The number of hydrogen-bond donors (Lipinski definition) is 0. The van der Waals surface area contributed by atoms with Crippen LogP contribution in [0.4, 0.5) is 0 Å². The van der Waals surface area contributed by atoms with Crippen molar-refractivity contribution in [2.24, 2.45) is 0 Å². The number of unbranched alkanes of at least 4 members (excludes halogenated alkanes) is 26. The van der Waals surface area contributed by atoms with Crippen molar-refractivity contribution in [1.29, 1.82) is 0 Å². The first kappa shape index (κ1) is 67.3. The van der Waals surface area contributed by atoms with E-state index in [-0.39, 0.29) is 37.5 Å². The van der Waals surface area contributed by atoms with Crippen molar-refractivity contribution in [2.75, 3.05) is 13.2 Å². The smallest absolute Gasteiger partial charge is 0.306 e. The van der Waals surface area contributed by atoms with Crippen LogP contribution < -0.4 is 0 Å². The largest absolute Gasteiger partial charge is 0.462 e. The van der Waals surface area contributed by atoms with Crippen molar-refractivity contribution in [3.63, 3.8) is 0 Å². The second-order valence-electron chi connectivity index (χ2n) is 19.5. The van der Waals surface area contributed by atoms with Crippen molar-refractivity contribution in [3.05, 3.63) is 97.2 Å². The summed E-state index contributed by atoms with van der Waals surface area (Å²) in [6, 6.07) is 0. The Morgan fingerprint density at radius 2 is 0.577 bits per heavy atom. The summed E-state index contributed by atoms with van der Waals surface area (Å²) in [6.07, 6.45) is 78.4. The van der Waals surface area contributed by atoms with Gasteiger partial charge in [0.25, 0.3) is 0 Å². The monoisotopic (exact) mass is 987 g/mol. The molecule has 0 aliphatic rings. The van der Waals surface area contributed by atoms with Crippen LogP contribution in [0.2, 0.25) is 0 Å². The molecule has 0 bridgehead atoms. The second-order valence-corrected chi connectivity index (χ2v) is 19.5. The third-order valence-corrected chi connectivity index (χ3v) is 12.6. The Hall–Kier alpha value is -3.67. The SMILES string of the molecule is CC/C=C\C/C=C\C/C=C\C/C=C\C/C=C\C/C=C\CCC(=O)OCC(COC(=O)CCCCCCC/C=C\CCCCCCCCC)OC(=O)CCCCCCCCC/C=C\CCCCCCCCC. The minimum atomic E-state index is -0.815. The van der Waals surface area contributed by atoms with Crippen molar-refractivity contribution < 1.29 is 28.6 Å². The molecule has 0 rings (SSSR count). The molecule has 71 heavy (non-hydrogen) atoms. The fraction of sp³-hybridized carbons (Fsp3) is 0.708. The zero-order valence-electron chi connectivity index (χ0n) is 46.5. The van der Waals surface area contributed by atoms with E-state index in [1.807, 2.05) is 6.08 Å². The van der Waals surface area contributed by atoms with E-state index in [9.17, 15) is 14.4 Å². The van der Waals surface area contributed by atoms with E-state index in [2.05, 4.69) is 112 Å². The summed E-state index contributed by atoms with van der Waals surface area (Å²) in [5.41, 5.74) is 0. The van der Waals surface area contributed by atoms with Crippen LogP contribution in [-0.4, -0.2) is 37.2 Å². The highest BCUT2D eigenvalue weighted by Crippen LogP contribution is 2.15. The molecule has 0 aromatic rings. The van der Waals surface area contributed by atoms with Gasteiger partial charge < -0.3 is 14.2 Å². The number of rotatable bonds is 53. The van der Waals surface area contributed by atoms with Gasteiger partial charge in [-0.1, -0.05) is 246 Å². The van der Waals surface area contributed by atoms with E-state index in [0.717, 1.165) is 89.9 Å². The van der Waals surface area contributed by atoms with Crippen molar-refractivity contribution in [3.8, 4) is 0 Å². The average Bonchev–Trinajstić information content (AvgIpc) is 3.37. The maximum Gasteiger partial charge on any atom is 0.306 e. The lowest BCUT2D eigenvalue weighted by molar-refractivity contribution is -0.166. The standard InChI is InChI=1S/C65H110O6/c1-4-7-10-13-16-19-22-25-28-31-33-35-37-40-43-46-49-52-55-58-64(67)70-61-62(60-69-63(66)57-54-51-48-45-42-39-36-30-27-24-21-18-15-12-9-6-3)71-65(68)59-56-53-50-47-44-41-38-34-32-29-26-23-20-17-14-11-8-5-2/h7,10,16,19,25,28-30,32-33,35-36,40,43,49,52,62H,4-6,8-9,11-15,17-18,20-24,26-27,31,34,37-39,41-42,44-48,50-51,53-61H2,1-3H3/b10-7-,19-16-,28-25-,32-29-,35-33-,36-30-,43-40-,52-49-. The molecule has 1 atom stereocenters. The van der Waals surface area contributed by atoms with Crippen LogP contribution in [0.3, 0.4) is 0 Å². The van der Waals surface area contributed by atoms with Crippen LogP contribution in [0.1, 0.15) is 278 Å². The van der Waals surface area contributed by atoms with Gasteiger partial charge in [0.2, 0.25) is 0 Å². The Morgan fingerprint density at radius 3 is 0.944 bits per heavy atom. The maximum atomic E-state index is 12.9. The van der Waals surface area contributed by atoms with Gasteiger partial charge in [-0.2, -0.15) is 0 Å². The van der Waals surface area contributed by atoms with Crippen molar-refractivity contribution >= 4 is 17.9 Å². The highest BCUT2D eigenvalue weighted by molar-refractivity contribution is 5.71. The molecule has 6 nitrogen and oxygen atoms in total. The molecule has 0 aliphatic heterocycles. The van der Waals surface area contributed by atoms with Gasteiger partial charge in [-0.05, 0) is 109 Å². The summed E-state index contributed by atoms with van der Waals surface area (Å²) in [7, 11) is 0. The summed E-state index contributed by atoms with van der Waals surface area (Å²) >= 11 is 0. The minimum Gasteiger partial charge on any atom is -0.462 e. The normalized spacial score (nSPS) is 12.8. The predicted molar refractivity (Wildman–Crippen MR) is 307 cm³/mol. The molecule has 1 unspecified atom stereocenters. The van der Waals surface area contributed by atoms with Gasteiger partial charge in [-0.15, -0.1) is 0 Å². The van der Waals surface area contributed by atoms with Crippen LogP contribution in [0.25, 0.3) is 0 Å². The molecule has 0 saturated heterocycles. The fourth-order valence-corrected chi connectivity index (χ4v) is 8.11. The predicted octanol–water partition coefficient (Wildman–Crippen LogP) is 20.1. The number of esters is 3. The number of carbonyl (C=O) groups excluding carboxylic acids is 3. The fourth-order valence-electron chi connectivity index (χ4n) is 8.11. The first-order chi connectivity index (χ1) is 35.0. The Balaban J connectivity index is 4.51. The molecule has 0 saturated carbocycles. The minimum absolute atomic E-state index is 0.107. The van der Waals surface area contributed by atoms with E-state index < -0.39 is 6.10 Å². The van der Waals surface area contributed by atoms with Crippen LogP contribution in [0.5, 0.6) is 0 Å². The molecule has 0 aromatic carbocycles. The van der Waals surface area contributed by atoms with E-state index in [0.29, 0.717) is 19.3 Å². The number of allylic oxidation sites excluding steroid dienone is 16. The lowest BCUT2D eigenvalue weighted by Gasteiger charge is -2.18. The van der Waals surface area contributed by atoms with Crippen molar-refractivity contribution in [1.82, 2.24) is 0 Å². The number of ether oxygens (including phenoxy) is 3. The average molecular weight is 988 g/mol. The van der Waals surface area contributed by atoms with Gasteiger partial charge in [-0.3, -0.25) is 14.4 Å². The Morgan fingerprint density at radius 1 is 0.296 bits per heavy atom. The summed E-state index contributed by atoms with van der Waals surface area (Å²) in [5.74, 6) is -1.00. The third-order valence-electron chi connectivity index (χ3n) is 12.6. The lowest BCUT2D eigenvalue weighted by Crippen LogP contribution is -2.30. The molecule has 0 heterocycles. The molecular formula is C65H110O6. The number of carbonyl (C=O) groups is 3. The maximum absolute atomic E-state index is 12.9. The van der Waals surface area contributed by atoms with E-state index >= 15 is 0 Å². The van der Waals surface area contributed by atoms with E-state index in [4.69, 9.17) is 14.2 Å². The van der Waals surface area contributed by atoms with Gasteiger partial charge >= 0.3 is 17.9 Å². The van der Waals surface area contributed by atoms with Crippen molar-refractivity contribution in [2.45, 2.75) is 284 Å². The first-order valence-corrected chi connectivity index (χ1v) is 29.7. The molecular weight excluding hydrogens is 877 g/mol. The van der Waals surface area contributed by atoms with Gasteiger partial charge in [0.05, 0.1) is 0 Å². The molecule has 406 valence electrons. The summed E-state index contributed by atoms with van der Waals surface area (Å²) in [6.45, 7) is 6.46. The van der Waals surface area contributed by atoms with Gasteiger partial charge in [-0.25, -0.2) is 0 Å². The number of hydrogen-bond acceptors (Lipinski definition) is 6. The summed E-state index contributed by atoms with van der Waals surface area (Å²) in [5, 5.41) is 0. The van der Waals surface area contributed by atoms with E-state index in [1.165, 1.54) is 141 Å². The Bertz CT molecular complexity index is 1410.